The molecule has 1 saturated heterocycles. The van der Waals surface area contributed by atoms with Gasteiger partial charge in [0.25, 0.3) is 5.91 Å². The molecule has 3 N–H and O–H groups in total. The molecule has 2 aromatic carbocycles. The maximum atomic E-state index is 13.1. The van der Waals surface area contributed by atoms with Gasteiger partial charge >= 0.3 is 6.03 Å². The van der Waals surface area contributed by atoms with E-state index in [1.165, 1.54) is 56.3 Å². The number of urea groups is 1. The Balaban J connectivity index is 0.000000405. The smallest absolute Gasteiger partial charge is 0.319 e. The maximum Gasteiger partial charge on any atom is 0.319 e. The summed E-state index contributed by atoms with van der Waals surface area (Å²) in [6.07, 6.45) is 11.6. The molecule has 9 heteroatoms. The van der Waals surface area contributed by atoms with Crippen molar-refractivity contribution in [3.8, 4) is 11.5 Å². The third-order valence-electron chi connectivity index (χ3n) is 5.61. The van der Waals surface area contributed by atoms with E-state index >= 15 is 0 Å². The summed E-state index contributed by atoms with van der Waals surface area (Å²) in [7, 11) is 1.49. The van der Waals surface area contributed by atoms with Crippen molar-refractivity contribution in [1.82, 2.24) is 15.5 Å². The average molecular weight is 511 g/mol. The number of amides is 3. The summed E-state index contributed by atoms with van der Waals surface area (Å²) in [4.78, 5) is 26.6. The molecule has 0 bridgehead atoms. The lowest BCUT2D eigenvalue weighted by molar-refractivity contribution is 0.0949. The summed E-state index contributed by atoms with van der Waals surface area (Å²) in [5.74, 6) is -0.0127. The quantitative estimate of drug-likeness (QED) is 0.456. The molecule has 2 aromatic rings. The van der Waals surface area contributed by atoms with Crippen LogP contribution in [0.5, 0.6) is 11.5 Å². The highest BCUT2D eigenvalue weighted by Gasteiger charge is 2.15. The molecule has 37 heavy (non-hydrogen) atoms. The lowest BCUT2D eigenvalue weighted by Gasteiger charge is -2.16. The number of hydrogen-bond donors (Lipinski definition) is 3. The van der Waals surface area contributed by atoms with Crippen molar-refractivity contribution < 1.29 is 23.1 Å². The fourth-order valence-corrected chi connectivity index (χ4v) is 3.66. The summed E-state index contributed by atoms with van der Waals surface area (Å²) in [6, 6.07) is 9.87. The molecule has 1 aliphatic carbocycles. The van der Waals surface area contributed by atoms with Gasteiger partial charge in [0.05, 0.1) is 5.69 Å². The number of allylic oxidation sites excluding steroid dienone is 6. The van der Waals surface area contributed by atoms with Gasteiger partial charge < -0.3 is 25.6 Å². The first-order chi connectivity index (χ1) is 17.9. The molecule has 0 aromatic heterocycles. The number of ether oxygens (including phenoxy) is 1. The molecule has 1 aliphatic heterocycles. The molecule has 0 radical (unpaired) electrons. The normalized spacial score (nSPS) is 14.6. The predicted molar refractivity (Wildman–Crippen MR) is 141 cm³/mol. The molecule has 0 atom stereocenters. The Hall–Kier alpha value is -3.98. The summed E-state index contributed by atoms with van der Waals surface area (Å²) in [6.45, 7) is 3.53. The predicted octanol–water partition coefficient (Wildman–Crippen LogP) is 5.55. The minimum absolute atomic E-state index is 0.168. The molecule has 0 saturated carbocycles. The van der Waals surface area contributed by atoms with E-state index in [0.29, 0.717) is 29.3 Å². The highest BCUT2D eigenvalue weighted by Crippen LogP contribution is 2.30. The number of carbonyl (C=O) groups excluding carboxylic acids is 2. The lowest BCUT2D eigenvalue weighted by atomic mass is 10.1. The Bertz CT molecular complexity index is 1140. The van der Waals surface area contributed by atoms with Crippen LogP contribution in [-0.2, 0) is 0 Å². The zero-order chi connectivity index (χ0) is 26.5. The Labute approximate surface area is 215 Å². The molecule has 3 amide bonds. The zero-order valence-electron chi connectivity index (χ0n) is 20.8. The zero-order valence-corrected chi connectivity index (χ0v) is 20.8. The topological polar surface area (TPSA) is 82.7 Å². The molecular weight excluding hydrogens is 478 g/mol. The Kier molecular flexibility index (Phi) is 10.9. The monoisotopic (exact) mass is 510 g/mol. The number of rotatable bonds is 7. The van der Waals surface area contributed by atoms with Crippen molar-refractivity contribution in [3.63, 3.8) is 0 Å². The van der Waals surface area contributed by atoms with Crippen LogP contribution in [0.25, 0.3) is 0 Å². The van der Waals surface area contributed by atoms with Crippen molar-refractivity contribution in [2.75, 3.05) is 38.5 Å². The van der Waals surface area contributed by atoms with Crippen molar-refractivity contribution >= 4 is 17.6 Å². The molecule has 0 spiro atoms. The van der Waals surface area contributed by atoms with Gasteiger partial charge in [-0.2, -0.15) is 0 Å². The van der Waals surface area contributed by atoms with E-state index in [1.54, 1.807) is 30.4 Å². The van der Waals surface area contributed by atoms with Crippen LogP contribution < -0.4 is 20.7 Å². The number of likely N-dealkylation sites (tertiary alicyclic amines) is 1. The highest BCUT2D eigenvalue weighted by molar-refractivity contribution is 5.98. The molecule has 1 fully saturated rings. The number of nitrogens with one attached hydrogen (secondary N) is 3. The van der Waals surface area contributed by atoms with Crippen molar-refractivity contribution in [1.29, 1.82) is 0 Å². The van der Waals surface area contributed by atoms with Crippen LogP contribution in [0.4, 0.5) is 19.3 Å². The number of benzene rings is 2. The summed E-state index contributed by atoms with van der Waals surface area (Å²) < 4.78 is 31.0. The first-order valence-corrected chi connectivity index (χ1v) is 12.2. The van der Waals surface area contributed by atoms with E-state index in [0.717, 1.165) is 26.1 Å². The first kappa shape index (κ1) is 27.6. The van der Waals surface area contributed by atoms with Crippen LogP contribution in [0.3, 0.4) is 0 Å². The van der Waals surface area contributed by atoms with Gasteiger partial charge in [0.15, 0.2) is 5.75 Å². The largest absolute Gasteiger partial charge is 0.455 e. The molecule has 4 rings (SSSR count). The molecule has 196 valence electrons. The third-order valence-corrected chi connectivity index (χ3v) is 5.61. The number of carbonyl (C=O) groups is 2. The maximum absolute atomic E-state index is 13.1. The van der Waals surface area contributed by atoms with Crippen LogP contribution in [0.2, 0.25) is 0 Å². The molecule has 7 nitrogen and oxygen atoms in total. The fourth-order valence-electron chi connectivity index (χ4n) is 3.66. The highest BCUT2D eigenvalue weighted by atomic mass is 19.1. The average Bonchev–Trinajstić information content (AvgIpc) is 3.31. The summed E-state index contributed by atoms with van der Waals surface area (Å²) >= 11 is 0. The van der Waals surface area contributed by atoms with E-state index in [9.17, 15) is 18.4 Å². The van der Waals surface area contributed by atoms with Gasteiger partial charge in [-0.05, 0) is 87.0 Å². The second-order valence-corrected chi connectivity index (χ2v) is 8.39. The van der Waals surface area contributed by atoms with Crippen LogP contribution in [0.1, 0.15) is 29.6 Å². The van der Waals surface area contributed by atoms with Crippen LogP contribution in [-0.4, -0.2) is 50.1 Å². The van der Waals surface area contributed by atoms with Gasteiger partial charge in [-0.15, -0.1) is 0 Å². The van der Waals surface area contributed by atoms with E-state index in [2.05, 4.69) is 20.9 Å². The van der Waals surface area contributed by atoms with Crippen LogP contribution in [0, 0.1) is 5.82 Å². The lowest BCUT2D eigenvalue weighted by Crippen LogP contribution is -2.33. The Morgan fingerprint density at radius 2 is 1.78 bits per heavy atom. The SMILES string of the molecule is CNC(=O)Nc1cc(C(=O)NCCN2CCCC2)ccc1Oc1ccc(F)cc1.FC1=CC=CCC=C1. The van der Waals surface area contributed by atoms with E-state index in [-0.39, 0.29) is 17.6 Å². The Morgan fingerprint density at radius 1 is 1.03 bits per heavy atom. The summed E-state index contributed by atoms with van der Waals surface area (Å²) in [5, 5.41) is 8.02. The second-order valence-electron chi connectivity index (χ2n) is 8.39. The third kappa shape index (κ3) is 9.53. The van der Waals surface area contributed by atoms with Crippen LogP contribution >= 0.6 is 0 Å². The molecule has 1 heterocycles. The van der Waals surface area contributed by atoms with Gasteiger partial charge in [0.2, 0.25) is 0 Å². The molecule has 2 aliphatic rings. The fraction of sp³-hybridized carbons (Fsp3) is 0.286. The number of hydrogen-bond acceptors (Lipinski definition) is 4. The van der Waals surface area contributed by atoms with Gasteiger partial charge in [0, 0.05) is 25.7 Å². The van der Waals surface area contributed by atoms with Gasteiger partial charge in [0.1, 0.15) is 17.4 Å². The minimum Gasteiger partial charge on any atom is -0.455 e. The van der Waals surface area contributed by atoms with Crippen molar-refractivity contribution in [2.24, 2.45) is 0 Å². The van der Waals surface area contributed by atoms with E-state index < -0.39 is 6.03 Å². The van der Waals surface area contributed by atoms with Crippen molar-refractivity contribution in [2.45, 2.75) is 19.3 Å². The summed E-state index contributed by atoms with van der Waals surface area (Å²) in [5.41, 5.74) is 0.741. The minimum atomic E-state index is -0.444. The standard InChI is InChI=1S/C21H25FN4O3.C7H7F/c1-23-21(28)25-18-14-15(20(27)24-10-13-26-11-2-3-12-26)4-9-19(18)29-17-7-5-16(22)6-8-17;8-7-5-3-1-2-4-6-7/h4-9,14H,2-3,10-13H2,1H3,(H,24,27)(H2,23,25,28);1,3-6H,2H2. The molecule has 0 unspecified atom stereocenters. The first-order valence-electron chi connectivity index (χ1n) is 12.2. The number of nitrogens with zero attached hydrogens (tertiary/aromatic N) is 1. The van der Waals surface area contributed by atoms with E-state index in [4.69, 9.17) is 4.74 Å². The van der Waals surface area contributed by atoms with E-state index in [1.807, 2.05) is 6.08 Å². The Morgan fingerprint density at radius 3 is 2.51 bits per heavy atom. The van der Waals surface area contributed by atoms with Gasteiger partial charge in [-0.1, -0.05) is 18.2 Å². The van der Waals surface area contributed by atoms with Gasteiger partial charge in [-0.3, -0.25) is 4.79 Å². The second kappa shape index (κ2) is 14.5. The number of anilines is 1. The van der Waals surface area contributed by atoms with Gasteiger partial charge in [-0.25, -0.2) is 13.6 Å². The van der Waals surface area contributed by atoms with Crippen LogP contribution in [0.15, 0.2) is 78.7 Å². The number of halogens is 2. The molecular formula is C28H32F2N4O3. The van der Waals surface area contributed by atoms with Crippen molar-refractivity contribution in [3.05, 3.63) is 90.1 Å².